The molecule has 100 valence electrons. The number of benzene rings is 1. The Morgan fingerprint density at radius 3 is 3.00 bits per heavy atom. The van der Waals surface area contributed by atoms with E-state index >= 15 is 0 Å². The van der Waals surface area contributed by atoms with Gasteiger partial charge in [-0.05, 0) is 18.1 Å². The first-order chi connectivity index (χ1) is 9.79. The molecular weight excluding hydrogens is 286 g/mol. The van der Waals surface area contributed by atoms with E-state index in [0.717, 1.165) is 9.99 Å². The Morgan fingerprint density at radius 1 is 1.45 bits per heavy atom. The first-order valence-corrected chi connectivity index (χ1v) is 8.14. The summed E-state index contributed by atoms with van der Waals surface area (Å²) in [5.74, 6) is 1.00. The molecule has 0 amide bonds. The Labute approximate surface area is 126 Å². The molecule has 20 heavy (non-hydrogen) atoms. The average Bonchev–Trinajstić information content (AvgIpc) is 3.12. The molecule has 0 saturated carbocycles. The minimum absolute atomic E-state index is 0.420. The van der Waals surface area contributed by atoms with Crippen molar-refractivity contribution in [3.05, 3.63) is 58.4 Å². The van der Waals surface area contributed by atoms with Crippen molar-refractivity contribution in [2.24, 2.45) is 0 Å². The van der Waals surface area contributed by atoms with Crippen LogP contribution in [-0.4, -0.2) is 15.3 Å². The van der Waals surface area contributed by atoms with Crippen LogP contribution in [0, 0.1) is 18.3 Å². The summed E-state index contributed by atoms with van der Waals surface area (Å²) in [7, 11) is 0. The molecule has 2 aromatic rings. The molecule has 5 heteroatoms. The molecule has 1 atom stereocenters. The van der Waals surface area contributed by atoms with Gasteiger partial charge in [0, 0.05) is 23.4 Å². The van der Waals surface area contributed by atoms with Gasteiger partial charge in [0.15, 0.2) is 0 Å². The second-order valence-electron chi connectivity index (χ2n) is 4.49. The molecule has 0 N–H and O–H groups in total. The number of nitrogens with zero attached hydrogens (tertiary/aromatic N) is 3. The molecular formula is C15H13N3S2. The van der Waals surface area contributed by atoms with Gasteiger partial charge in [0.05, 0.1) is 10.6 Å². The van der Waals surface area contributed by atoms with Crippen molar-refractivity contribution in [3.63, 3.8) is 0 Å². The maximum atomic E-state index is 9.39. The molecule has 1 fully saturated rings. The lowest BCUT2D eigenvalue weighted by Gasteiger charge is -2.11. The van der Waals surface area contributed by atoms with E-state index in [9.17, 15) is 5.26 Å². The van der Waals surface area contributed by atoms with Crippen molar-refractivity contribution in [3.8, 4) is 6.07 Å². The Balaban J connectivity index is 1.90. The van der Waals surface area contributed by atoms with Crippen molar-refractivity contribution in [1.82, 2.24) is 9.55 Å². The number of imidazole rings is 1. The highest BCUT2D eigenvalue weighted by molar-refractivity contribution is 8.25. The number of hydrogen-bond acceptors (Lipinski definition) is 4. The first kappa shape index (κ1) is 13.3. The van der Waals surface area contributed by atoms with Gasteiger partial charge in [0.1, 0.15) is 11.8 Å². The quantitative estimate of drug-likeness (QED) is 0.784. The van der Waals surface area contributed by atoms with Crippen LogP contribution in [0.3, 0.4) is 0 Å². The topological polar surface area (TPSA) is 41.6 Å². The van der Waals surface area contributed by atoms with Gasteiger partial charge in [0.2, 0.25) is 0 Å². The molecule has 1 aliphatic rings. The monoisotopic (exact) mass is 299 g/mol. The van der Waals surface area contributed by atoms with E-state index in [4.69, 9.17) is 0 Å². The fourth-order valence-corrected chi connectivity index (χ4v) is 5.16. The molecule has 0 bridgehead atoms. The smallest absolute Gasteiger partial charge is 0.145 e. The van der Waals surface area contributed by atoms with Gasteiger partial charge >= 0.3 is 0 Å². The lowest BCUT2D eigenvalue weighted by Crippen LogP contribution is -1.95. The molecule has 1 aliphatic heterocycles. The highest BCUT2D eigenvalue weighted by Gasteiger charge is 2.26. The zero-order valence-corrected chi connectivity index (χ0v) is 12.6. The number of hydrogen-bond donors (Lipinski definition) is 0. The third kappa shape index (κ3) is 2.49. The summed E-state index contributed by atoms with van der Waals surface area (Å²) < 4.78 is 2.87. The molecule has 3 nitrogen and oxygen atoms in total. The minimum Gasteiger partial charge on any atom is -0.296 e. The summed E-state index contributed by atoms with van der Waals surface area (Å²) >= 11 is 3.54. The van der Waals surface area contributed by atoms with Gasteiger partial charge in [-0.1, -0.05) is 24.3 Å². The molecule has 0 radical (unpaired) electrons. The van der Waals surface area contributed by atoms with E-state index in [1.165, 1.54) is 11.1 Å². The second kappa shape index (κ2) is 5.78. The third-order valence-electron chi connectivity index (χ3n) is 3.21. The predicted octanol–water partition coefficient (Wildman–Crippen LogP) is 4.06. The summed E-state index contributed by atoms with van der Waals surface area (Å²) in [6, 6.07) is 10.8. The number of rotatable bonds is 2. The largest absolute Gasteiger partial charge is 0.296 e. The summed E-state index contributed by atoms with van der Waals surface area (Å²) in [5, 5.41) is 9.81. The van der Waals surface area contributed by atoms with Crippen LogP contribution >= 0.6 is 23.5 Å². The molecule has 0 aliphatic carbocycles. The van der Waals surface area contributed by atoms with Gasteiger partial charge in [-0.3, -0.25) is 4.57 Å². The molecule has 0 spiro atoms. The Hall–Kier alpha value is -1.64. The van der Waals surface area contributed by atoms with Gasteiger partial charge in [-0.2, -0.15) is 5.26 Å². The van der Waals surface area contributed by atoms with E-state index in [2.05, 4.69) is 42.2 Å². The molecule has 2 heterocycles. The van der Waals surface area contributed by atoms with E-state index in [0.29, 0.717) is 10.9 Å². The zero-order chi connectivity index (χ0) is 13.9. The van der Waals surface area contributed by atoms with Crippen molar-refractivity contribution < 1.29 is 0 Å². The lowest BCUT2D eigenvalue weighted by atomic mass is 10.1. The average molecular weight is 299 g/mol. The maximum Gasteiger partial charge on any atom is 0.145 e. The second-order valence-corrected chi connectivity index (χ2v) is 6.99. The highest BCUT2D eigenvalue weighted by atomic mass is 32.2. The fourth-order valence-electron chi connectivity index (χ4n) is 2.17. The van der Waals surface area contributed by atoms with E-state index in [1.807, 2.05) is 6.20 Å². The van der Waals surface area contributed by atoms with Crippen LogP contribution in [0.1, 0.15) is 16.4 Å². The Kier molecular flexibility index (Phi) is 3.86. The maximum absolute atomic E-state index is 9.39. The van der Waals surface area contributed by atoms with Crippen molar-refractivity contribution in [1.29, 1.82) is 5.26 Å². The lowest BCUT2D eigenvalue weighted by molar-refractivity contribution is 1.10. The number of aryl methyl sites for hydroxylation is 1. The standard InChI is InChI=1S/C15H13N3S2/c1-11-4-2-3-5-12(11)14-9-19-15(20-14)13(8-16)18-7-6-17-10-18/h2-7,10,14H,9H2,1H3/b15-13+. The van der Waals surface area contributed by atoms with Crippen LogP contribution in [-0.2, 0) is 0 Å². The van der Waals surface area contributed by atoms with E-state index in [-0.39, 0.29) is 0 Å². The van der Waals surface area contributed by atoms with E-state index in [1.54, 1.807) is 40.6 Å². The van der Waals surface area contributed by atoms with Crippen LogP contribution in [0.25, 0.3) is 5.70 Å². The number of thioether (sulfide) groups is 2. The van der Waals surface area contributed by atoms with Crippen molar-refractivity contribution >= 4 is 29.2 Å². The molecule has 1 aromatic carbocycles. The van der Waals surface area contributed by atoms with Crippen LogP contribution < -0.4 is 0 Å². The Morgan fingerprint density at radius 2 is 2.30 bits per heavy atom. The van der Waals surface area contributed by atoms with Gasteiger partial charge < -0.3 is 0 Å². The Bertz CT molecular complexity index is 683. The number of aromatic nitrogens is 2. The van der Waals surface area contributed by atoms with Crippen LogP contribution in [0.15, 0.2) is 47.2 Å². The molecule has 1 aromatic heterocycles. The molecule has 3 rings (SSSR count). The van der Waals surface area contributed by atoms with E-state index < -0.39 is 0 Å². The summed E-state index contributed by atoms with van der Waals surface area (Å²) in [6.45, 7) is 2.14. The molecule has 1 unspecified atom stereocenters. The number of nitriles is 1. The summed E-state index contributed by atoms with van der Waals surface area (Å²) in [5.41, 5.74) is 3.35. The summed E-state index contributed by atoms with van der Waals surface area (Å²) in [6.07, 6.45) is 5.18. The van der Waals surface area contributed by atoms with Crippen LogP contribution in [0.2, 0.25) is 0 Å². The SMILES string of the molecule is Cc1ccccc1C1CS/C(=C(/C#N)n2ccnc2)S1. The highest BCUT2D eigenvalue weighted by Crippen LogP contribution is 2.52. The predicted molar refractivity (Wildman–Crippen MR) is 85.0 cm³/mol. The molecule has 1 saturated heterocycles. The van der Waals surface area contributed by atoms with Crippen LogP contribution in [0.4, 0.5) is 0 Å². The van der Waals surface area contributed by atoms with Crippen molar-refractivity contribution in [2.45, 2.75) is 12.2 Å². The fraction of sp³-hybridized carbons (Fsp3) is 0.200. The number of allylic oxidation sites excluding steroid dienone is 1. The third-order valence-corrected chi connectivity index (χ3v) is 6.13. The minimum atomic E-state index is 0.420. The van der Waals surface area contributed by atoms with Crippen LogP contribution in [0.5, 0.6) is 0 Å². The summed E-state index contributed by atoms with van der Waals surface area (Å²) in [4.78, 5) is 4.01. The van der Waals surface area contributed by atoms with Gasteiger partial charge in [-0.25, -0.2) is 4.98 Å². The van der Waals surface area contributed by atoms with Crippen molar-refractivity contribution in [2.75, 3.05) is 5.75 Å². The van der Waals surface area contributed by atoms with Gasteiger partial charge in [-0.15, -0.1) is 23.5 Å². The van der Waals surface area contributed by atoms with Gasteiger partial charge in [0.25, 0.3) is 0 Å². The first-order valence-electron chi connectivity index (χ1n) is 6.27. The zero-order valence-electron chi connectivity index (χ0n) is 11.0. The normalized spacial score (nSPS) is 20.7.